The summed E-state index contributed by atoms with van der Waals surface area (Å²) in [6, 6.07) is 4.34. The molecule has 1 heterocycles. The fourth-order valence-electron chi connectivity index (χ4n) is 2.46. The zero-order valence-electron chi connectivity index (χ0n) is 14.2. The fraction of sp³-hybridized carbons (Fsp3) is 0.706. The second-order valence-corrected chi connectivity index (χ2v) is 7.16. The Bertz CT molecular complexity index is 500. The summed E-state index contributed by atoms with van der Waals surface area (Å²) in [6.45, 7) is 10.2. The number of hydrogen-bond acceptors (Lipinski definition) is 4. The molecule has 2 atom stereocenters. The molecule has 2 N–H and O–H groups in total. The van der Waals surface area contributed by atoms with Crippen LogP contribution >= 0.6 is 0 Å². The quantitative estimate of drug-likeness (QED) is 0.843. The Kier molecular flexibility index (Phi) is 5.16. The Morgan fingerprint density at radius 1 is 1.41 bits per heavy atom. The maximum absolute atomic E-state index is 11.8. The number of carbonyl (C=O) groups excluding carboxylic acids is 1. The van der Waals surface area contributed by atoms with Crippen LogP contribution in [0.15, 0.2) is 16.5 Å². The first kappa shape index (κ1) is 16.9. The minimum atomic E-state index is -0.467. The number of ether oxygens (including phenoxy) is 1. The van der Waals surface area contributed by atoms with Gasteiger partial charge in [-0.15, -0.1) is 0 Å². The van der Waals surface area contributed by atoms with Crippen molar-refractivity contribution in [3.05, 3.63) is 23.7 Å². The van der Waals surface area contributed by atoms with Gasteiger partial charge in [-0.1, -0.05) is 0 Å². The molecule has 0 bridgehead atoms. The number of hydrogen-bond donors (Lipinski definition) is 2. The van der Waals surface area contributed by atoms with Crippen LogP contribution in [0.1, 0.15) is 58.1 Å². The molecule has 22 heavy (non-hydrogen) atoms. The van der Waals surface area contributed by atoms with E-state index in [1.165, 1.54) is 12.8 Å². The van der Waals surface area contributed by atoms with Gasteiger partial charge in [-0.05, 0) is 65.5 Å². The number of carbonyl (C=O) groups is 1. The van der Waals surface area contributed by atoms with Crippen molar-refractivity contribution < 1.29 is 13.9 Å². The Hall–Kier alpha value is -1.49. The molecule has 0 aromatic carbocycles. The van der Waals surface area contributed by atoms with E-state index in [2.05, 4.69) is 17.6 Å². The smallest absolute Gasteiger partial charge is 0.407 e. The molecule has 1 aromatic rings. The van der Waals surface area contributed by atoms with Gasteiger partial charge in [-0.3, -0.25) is 0 Å². The number of amides is 1. The summed E-state index contributed by atoms with van der Waals surface area (Å²) >= 11 is 0. The highest BCUT2D eigenvalue weighted by Crippen LogP contribution is 2.33. The summed E-state index contributed by atoms with van der Waals surface area (Å²) in [5.41, 5.74) is -0.467. The van der Waals surface area contributed by atoms with Crippen LogP contribution in [0.3, 0.4) is 0 Å². The highest BCUT2D eigenvalue weighted by atomic mass is 16.6. The van der Waals surface area contributed by atoms with Crippen molar-refractivity contribution in [3.8, 4) is 0 Å². The first-order chi connectivity index (χ1) is 10.2. The fourth-order valence-corrected chi connectivity index (χ4v) is 2.46. The van der Waals surface area contributed by atoms with Gasteiger partial charge in [0.2, 0.25) is 0 Å². The van der Waals surface area contributed by atoms with Crippen LogP contribution in [0.2, 0.25) is 0 Å². The summed E-state index contributed by atoms with van der Waals surface area (Å²) in [6.07, 6.45) is 2.05. The molecule has 124 valence electrons. The minimum absolute atomic E-state index is 0.125. The lowest BCUT2D eigenvalue weighted by molar-refractivity contribution is 0.0520. The van der Waals surface area contributed by atoms with E-state index in [9.17, 15) is 4.79 Å². The molecule has 1 amide bonds. The molecule has 1 aromatic heterocycles. The summed E-state index contributed by atoms with van der Waals surface area (Å²) in [4.78, 5) is 11.8. The van der Waals surface area contributed by atoms with E-state index in [1.54, 1.807) is 0 Å². The van der Waals surface area contributed by atoms with E-state index in [0.717, 1.165) is 11.5 Å². The van der Waals surface area contributed by atoms with Crippen molar-refractivity contribution in [1.29, 1.82) is 0 Å². The highest BCUT2D eigenvalue weighted by molar-refractivity contribution is 5.67. The lowest BCUT2D eigenvalue weighted by atomic mass is 10.1. The predicted octanol–water partition coefficient (Wildman–Crippen LogP) is 3.54. The summed E-state index contributed by atoms with van der Waals surface area (Å²) in [5.74, 6) is 2.47. The Morgan fingerprint density at radius 2 is 2.09 bits per heavy atom. The topological polar surface area (TPSA) is 63.5 Å². The Labute approximate surface area is 132 Å². The molecule has 0 saturated heterocycles. The van der Waals surface area contributed by atoms with Crippen LogP contribution < -0.4 is 10.6 Å². The van der Waals surface area contributed by atoms with Crippen LogP contribution in [-0.4, -0.2) is 24.3 Å². The third kappa shape index (κ3) is 5.37. The first-order valence-corrected chi connectivity index (χ1v) is 8.04. The third-order valence-electron chi connectivity index (χ3n) is 3.71. The molecule has 0 spiro atoms. The van der Waals surface area contributed by atoms with Gasteiger partial charge in [0, 0.05) is 12.6 Å². The van der Waals surface area contributed by atoms with E-state index >= 15 is 0 Å². The monoisotopic (exact) mass is 308 g/mol. The van der Waals surface area contributed by atoms with Crippen LogP contribution in [0.5, 0.6) is 0 Å². The average molecular weight is 308 g/mol. The summed E-state index contributed by atoms with van der Waals surface area (Å²) in [5, 5.41) is 6.43. The van der Waals surface area contributed by atoms with E-state index in [0.29, 0.717) is 12.5 Å². The van der Waals surface area contributed by atoms with Crippen molar-refractivity contribution in [1.82, 2.24) is 10.6 Å². The Balaban J connectivity index is 1.84. The van der Waals surface area contributed by atoms with Crippen LogP contribution in [0, 0.1) is 12.8 Å². The number of nitrogens with one attached hydrogen (secondary N) is 2. The first-order valence-electron chi connectivity index (χ1n) is 8.04. The summed E-state index contributed by atoms with van der Waals surface area (Å²) < 4.78 is 10.9. The third-order valence-corrected chi connectivity index (χ3v) is 3.71. The molecular weight excluding hydrogens is 280 g/mol. The zero-order valence-corrected chi connectivity index (χ0v) is 14.2. The van der Waals surface area contributed by atoms with Gasteiger partial charge in [0.05, 0.1) is 6.04 Å². The molecule has 5 heteroatoms. The van der Waals surface area contributed by atoms with Gasteiger partial charge in [0.1, 0.15) is 17.1 Å². The Morgan fingerprint density at radius 3 is 2.59 bits per heavy atom. The molecule has 5 nitrogen and oxygen atoms in total. The number of alkyl carbamates (subject to hydrolysis) is 1. The predicted molar refractivity (Wildman–Crippen MR) is 85.7 cm³/mol. The SMILES string of the molecule is Cc1ccc(C(C)NC(CNC(=O)OC(C)(C)C)C2CC2)o1. The minimum Gasteiger partial charge on any atom is -0.465 e. The van der Waals surface area contributed by atoms with Crippen molar-refractivity contribution >= 4 is 6.09 Å². The highest BCUT2D eigenvalue weighted by Gasteiger charge is 2.33. The number of aryl methyl sites for hydroxylation is 1. The normalized spacial score (nSPS) is 17.9. The van der Waals surface area contributed by atoms with Gasteiger partial charge in [-0.25, -0.2) is 4.79 Å². The second kappa shape index (κ2) is 6.73. The molecule has 1 fully saturated rings. The average Bonchev–Trinajstić information content (AvgIpc) is 3.14. The van der Waals surface area contributed by atoms with Gasteiger partial charge in [0.15, 0.2) is 0 Å². The van der Waals surface area contributed by atoms with Crippen LogP contribution in [-0.2, 0) is 4.74 Å². The second-order valence-electron chi connectivity index (χ2n) is 7.16. The van der Waals surface area contributed by atoms with Gasteiger partial charge >= 0.3 is 6.09 Å². The van der Waals surface area contributed by atoms with E-state index < -0.39 is 5.60 Å². The number of rotatable bonds is 6. The number of furan rings is 1. The molecule has 2 unspecified atom stereocenters. The standard InChI is InChI=1S/C17H28N2O3/c1-11-6-9-15(21-11)12(2)19-14(13-7-8-13)10-18-16(20)22-17(3,4)5/h6,9,12-14,19H,7-8,10H2,1-5H3,(H,18,20). The molecule has 0 aliphatic heterocycles. The molecular formula is C17H28N2O3. The van der Waals surface area contributed by atoms with Gasteiger partial charge in [-0.2, -0.15) is 0 Å². The van der Waals surface area contributed by atoms with Gasteiger partial charge in [0.25, 0.3) is 0 Å². The maximum atomic E-state index is 11.8. The van der Waals surface area contributed by atoms with Crippen LogP contribution in [0.25, 0.3) is 0 Å². The molecule has 1 aliphatic carbocycles. The molecule has 1 saturated carbocycles. The van der Waals surface area contributed by atoms with Crippen molar-refractivity contribution in [2.75, 3.05) is 6.54 Å². The van der Waals surface area contributed by atoms with Crippen molar-refractivity contribution in [2.45, 2.75) is 65.1 Å². The van der Waals surface area contributed by atoms with E-state index in [1.807, 2.05) is 39.8 Å². The van der Waals surface area contributed by atoms with E-state index in [-0.39, 0.29) is 18.2 Å². The van der Waals surface area contributed by atoms with Gasteiger partial charge < -0.3 is 19.8 Å². The molecule has 1 aliphatic rings. The van der Waals surface area contributed by atoms with Crippen LogP contribution in [0.4, 0.5) is 4.79 Å². The lowest BCUT2D eigenvalue weighted by Crippen LogP contribution is -2.44. The molecule has 0 radical (unpaired) electrons. The van der Waals surface area contributed by atoms with E-state index in [4.69, 9.17) is 9.15 Å². The zero-order chi connectivity index (χ0) is 16.3. The summed E-state index contributed by atoms with van der Waals surface area (Å²) in [7, 11) is 0. The largest absolute Gasteiger partial charge is 0.465 e. The van der Waals surface area contributed by atoms with Crippen molar-refractivity contribution in [2.24, 2.45) is 5.92 Å². The molecule has 2 rings (SSSR count). The van der Waals surface area contributed by atoms with Crippen molar-refractivity contribution in [3.63, 3.8) is 0 Å². The maximum Gasteiger partial charge on any atom is 0.407 e. The lowest BCUT2D eigenvalue weighted by Gasteiger charge is -2.24.